The van der Waals surface area contributed by atoms with Gasteiger partial charge in [0.15, 0.2) is 0 Å². The number of benzene rings is 1. The van der Waals surface area contributed by atoms with Crippen LogP contribution in [0.3, 0.4) is 0 Å². The Morgan fingerprint density at radius 2 is 2.00 bits per heavy atom. The van der Waals surface area contributed by atoms with Gasteiger partial charge in [-0.05, 0) is 61.4 Å². The number of imide groups is 3. The zero-order valence-corrected chi connectivity index (χ0v) is 20.9. The van der Waals surface area contributed by atoms with Gasteiger partial charge in [-0.15, -0.1) is 0 Å². The van der Waals surface area contributed by atoms with Crippen LogP contribution in [0.1, 0.15) is 51.5 Å². The summed E-state index contributed by atoms with van der Waals surface area (Å²) < 4.78 is 4.61. The summed E-state index contributed by atoms with van der Waals surface area (Å²) in [6.45, 7) is 3.47. The van der Waals surface area contributed by atoms with Gasteiger partial charge in [0, 0.05) is 5.92 Å². The van der Waals surface area contributed by atoms with E-state index >= 15 is 0 Å². The molecule has 1 fully saturated rings. The molecule has 3 rings (SSSR count). The Balaban J connectivity index is 1.85. The van der Waals surface area contributed by atoms with Crippen molar-refractivity contribution in [3.8, 4) is 5.75 Å². The van der Waals surface area contributed by atoms with Gasteiger partial charge in [-0.1, -0.05) is 42.7 Å². The fourth-order valence-corrected chi connectivity index (χ4v) is 5.48. The second-order valence-corrected chi connectivity index (χ2v) is 9.34. The van der Waals surface area contributed by atoms with Crippen molar-refractivity contribution in [2.24, 2.45) is 17.8 Å². The molecule has 0 saturated carbocycles. The van der Waals surface area contributed by atoms with Gasteiger partial charge in [0.1, 0.15) is 5.75 Å². The predicted molar refractivity (Wildman–Crippen MR) is 130 cm³/mol. The second-order valence-electron chi connectivity index (χ2n) is 8.94. The molecular weight excluding hydrogens is 474 g/mol. The minimum atomic E-state index is -1.03. The van der Waals surface area contributed by atoms with Gasteiger partial charge in [0.2, 0.25) is 11.8 Å². The van der Waals surface area contributed by atoms with Crippen LogP contribution >= 0.6 is 11.6 Å². The van der Waals surface area contributed by atoms with Crippen molar-refractivity contribution in [3.63, 3.8) is 0 Å². The maximum atomic E-state index is 13.0. The highest BCUT2D eigenvalue weighted by molar-refractivity contribution is 6.32. The average molecular weight is 506 g/mol. The molecule has 35 heavy (non-hydrogen) atoms. The fraction of sp³-hybridized carbons (Fsp3) is 0.500. The SMILES string of the molecule is CCC1=C([C@H](O)CC/C(=C/c2ccc(O)cc2Cl)CC)[C@H](CO)[C@@H]2C(=O)N(C(=O)OC)C(=O)[C@@H]2C1. The zero-order valence-electron chi connectivity index (χ0n) is 20.2. The van der Waals surface area contributed by atoms with E-state index in [1.165, 1.54) is 6.07 Å². The number of phenolic OH excluding ortho intramolecular Hbond substituents is 1. The second kappa shape index (κ2) is 11.4. The number of rotatable bonds is 8. The van der Waals surface area contributed by atoms with E-state index in [2.05, 4.69) is 4.74 Å². The van der Waals surface area contributed by atoms with Crippen LogP contribution in [0.15, 0.2) is 34.9 Å². The molecule has 8 nitrogen and oxygen atoms in total. The van der Waals surface area contributed by atoms with E-state index < -0.39 is 48.4 Å². The molecule has 4 atom stereocenters. The molecule has 2 aliphatic rings. The number of amides is 3. The standard InChI is InChI=1S/C26H32ClNO7/c1-4-14(10-16-7-8-17(30)12-20(16)27)6-9-21(31)22-15(5-2)11-18-23(19(22)13-29)25(33)28(24(18)32)26(34)35-3/h7-8,10,12,18-19,21,23,29-31H,4-6,9,11,13H2,1-3H3/b14-10+/t18-,19+,21-,23-/m1/s1. The molecule has 1 aromatic carbocycles. The van der Waals surface area contributed by atoms with E-state index in [-0.39, 0.29) is 12.2 Å². The summed E-state index contributed by atoms with van der Waals surface area (Å²) in [5.74, 6) is -3.66. The maximum Gasteiger partial charge on any atom is 0.423 e. The summed E-state index contributed by atoms with van der Waals surface area (Å²) in [6.07, 6.45) is 2.39. The summed E-state index contributed by atoms with van der Waals surface area (Å²) in [7, 11) is 1.10. The minimum absolute atomic E-state index is 0.0796. The van der Waals surface area contributed by atoms with Gasteiger partial charge < -0.3 is 20.1 Å². The normalized spacial score (nSPS) is 23.5. The van der Waals surface area contributed by atoms with E-state index in [9.17, 15) is 29.7 Å². The first kappa shape index (κ1) is 26.9. The lowest BCUT2D eigenvalue weighted by Crippen LogP contribution is -2.40. The van der Waals surface area contributed by atoms with Crippen molar-refractivity contribution in [2.75, 3.05) is 13.7 Å². The third-order valence-electron chi connectivity index (χ3n) is 7.06. The van der Waals surface area contributed by atoms with E-state index in [0.717, 1.165) is 30.2 Å². The lowest BCUT2D eigenvalue weighted by molar-refractivity contribution is -0.137. The first-order chi connectivity index (χ1) is 16.7. The molecule has 190 valence electrons. The lowest BCUT2D eigenvalue weighted by Gasteiger charge is -2.36. The Morgan fingerprint density at radius 1 is 1.29 bits per heavy atom. The number of aliphatic hydroxyl groups excluding tert-OH is 2. The maximum absolute atomic E-state index is 13.0. The van der Waals surface area contributed by atoms with Crippen LogP contribution in [-0.4, -0.2) is 57.9 Å². The van der Waals surface area contributed by atoms with Gasteiger partial charge in [-0.2, -0.15) is 4.90 Å². The number of hydrogen-bond acceptors (Lipinski definition) is 7. The van der Waals surface area contributed by atoms with Gasteiger partial charge >= 0.3 is 6.09 Å². The van der Waals surface area contributed by atoms with Crippen LogP contribution in [0.2, 0.25) is 5.02 Å². The summed E-state index contributed by atoms with van der Waals surface area (Å²) in [6, 6.07) is 4.75. The number of nitrogens with zero attached hydrogens (tertiary/aromatic N) is 1. The summed E-state index contributed by atoms with van der Waals surface area (Å²) in [4.78, 5) is 38.4. The molecule has 1 heterocycles. The number of aromatic hydroxyl groups is 1. The van der Waals surface area contributed by atoms with E-state index in [0.29, 0.717) is 34.8 Å². The molecule has 1 aliphatic carbocycles. The number of hydrogen-bond donors (Lipinski definition) is 3. The number of fused-ring (bicyclic) bond motifs is 1. The van der Waals surface area contributed by atoms with Crippen LogP contribution in [-0.2, 0) is 14.3 Å². The Bertz CT molecular complexity index is 1060. The highest BCUT2D eigenvalue weighted by Gasteiger charge is 2.56. The molecule has 1 saturated heterocycles. The highest BCUT2D eigenvalue weighted by atomic mass is 35.5. The van der Waals surface area contributed by atoms with Crippen LogP contribution < -0.4 is 0 Å². The van der Waals surface area contributed by atoms with E-state index in [1.807, 2.05) is 19.9 Å². The Morgan fingerprint density at radius 3 is 2.57 bits per heavy atom. The molecule has 0 spiro atoms. The molecule has 3 amide bonds. The number of ether oxygens (including phenoxy) is 1. The molecular formula is C26H32ClNO7. The van der Waals surface area contributed by atoms with Gasteiger partial charge in [-0.3, -0.25) is 9.59 Å². The topological polar surface area (TPSA) is 124 Å². The number of allylic oxidation sites excluding steroid dienone is 2. The largest absolute Gasteiger partial charge is 0.508 e. The van der Waals surface area contributed by atoms with E-state index in [1.54, 1.807) is 12.1 Å². The third kappa shape index (κ3) is 5.29. The average Bonchev–Trinajstić information content (AvgIpc) is 3.10. The number of likely N-dealkylation sites (tertiary alicyclic amines) is 1. The van der Waals surface area contributed by atoms with Crippen LogP contribution in [0.4, 0.5) is 4.79 Å². The number of carbonyl (C=O) groups is 3. The number of phenols is 1. The smallest absolute Gasteiger partial charge is 0.423 e. The highest BCUT2D eigenvalue weighted by Crippen LogP contribution is 2.47. The van der Waals surface area contributed by atoms with E-state index in [4.69, 9.17) is 11.6 Å². The Kier molecular flexibility index (Phi) is 8.74. The zero-order chi connectivity index (χ0) is 25.9. The Labute approximate surface area is 209 Å². The van der Waals surface area contributed by atoms with Gasteiger partial charge in [-0.25, -0.2) is 4.79 Å². The first-order valence-electron chi connectivity index (χ1n) is 11.8. The van der Waals surface area contributed by atoms with Crippen molar-refractivity contribution >= 4 is 35.6 Å². The summed E-state index contributed by atoms with van der Waals surface area (Å²) in [5, 5.41) is 31.4. The first-order valence-corrected chi connectivity index (χ1v) is 12.2. The molecule has 1 aliphatic heterocycles. The quantitative estimate of drug-likeness (QED) is 0.359. The lowest BCUT2D eigenvalue weighted by atomic mass is 9.67. The van der Waals surface area contributed by atoms with Gasteiger partial charge in [0.05, 0.1) is 36.7 Å². The molecule has 1 aromatic rings. The minimum Gasteiger partial charge on any atom is -0.508 e. The monoisotopic (exact) mass is 505 g/mol. The van der Waals surface area contributed by atoms with Crippen LogP contribution in [0.25, 0.3) is 6.08 Å². The van der Waals surface area contributed by atoms with Gasteiger partial charge in [0.25, 0.3) is 0 Å². The van der Waals surface area contributed by atoms with Crippen molar-refractivity contribution in [2.45, 2.75) is 52.1 Å². The molecule has 0 bridgehead atoms. The summed E-state index contributed by atoms with van der Waals surface area (Å²) in [5.41, 5.74) is 3.21. The van der Waals surface area contributed by atoms with Crippen LogP contribution in [0, 0.1) is 17.8 Å². The predicted octanol–water partition coefficient (Wildman–Crippen LogP) is 4.07. The molecule has 0 aromatic heterocycles. The van der Waals surface area contributed by atoms with Crippen molar-refractivity contribution < 1.29 is 34.4 Å². The Hall–Kier alpha value is -2.68. The number of halogens is 1. The third-order valence-corrected chi connectivity index (χ3v) is 7.39. The molecule has 3 N–H and O–H groups in total. The summed E-state index contributed by atoms with van der Waals surface area (Å²) >= 11 is 6.23. The van der Waals surface area contributed by atoms with Crippen molar-refractivity contribution in [1.29, 1.82) is 0 Å². The molecule has 9 heteroatoms. The number of methoxy groups -OCH3 is 1. The van der Waals surface area contributed by atoms with Crippen LogP contribution in [0.5, 0.6) is 5.75 Å². The number of carbonyl (C=O) groups excluding carboxylic acids is 3. The number of aliphatic hydroxyl groups is 2. The molecule has 0 radical (unpaired) electrons. The fourth-order valence-electron chi connectivity index (χ4n) is 5.25. The van der Waals surface area contributed by atoms with Crippen molar-refractivity contribution in [3.05, 3.63) is 45.5 Å². The molecule has 0 unspecified atom stereocenters. The van der Waals surface area contributed by atoms with Crippen molar-refractivity contribution in [1.82, 2.24) is 4.90 Å².